The Balaban J connectivity index is 2.20. The normalized spacial score (nSPS) is 10.5. The predicted octanol–water partition coefficient (Wildman–Crippen LogP) is 3.47. The summed E-state index contributed by atoms with van der Waals surface area (Å²) in [6.07, 6.45) is 0. The summed E-state index contributed by atoms with van der Waals surface area (Å²) in [6.45, 7) is 3.91. The number of rotatable bonds is 3. The summed E-state index contributed by atoms with van der Waals surface area (Å²) in [7, 11) is 0. The molecule has 2 rings (SSSR count). The van der Waals surface area contributed by atoms with Gasteiger partial charge in [-0.3, -0.25) is 0 Å². The molecule has 0 fully saturated rings. The highest BCUT2D eigenvalue weighted by molar-refractivity contribution is 5.59. The Bertz CT molecular complexity index is 611. The van der Waals surface area contributed by atoms with Crippen molar-refractivity contribution >= 4 is 5.69 Å². The number of aromatic hydroxyl groups is 2. The van der Waals surface area contributed by atoms with Crippen LogP contribution in [0.2, 0.25) is 0 Å². The van der Waals surface area contributed by atoms with E-state index in [2.05, 4.69) is 5.32 Å². The molecule has 0 saturated heterocycles. The van der Waals surface area contributed by atoms with Crippen LogP contribution in [0.1, 0.15) is 16.7 Å². The van der Waals surface area contributed by atoms with Gasteiger partial charge in [0.25, 0.3) is 0 Å². The topological polar surface area (TPSA) is 52.5 Å². The lowest BCUT2D eigenvalue weighted by molar-refractivity contribution is 0.426. The number of phenols is 2. The molecule has 0 aromatic heterocycles. The van der Waals surface area contributed by atoms with Gasteiger partial charge in [-0.1, -0.05) is 18.2 Å². The highest BCUT2D eigenvalue weighted by atomic mass is 19.1. The Hall–Kier alpha value is -2.23. The van der Waals surface area contributed by atoms with Gasteiger partial charge in [0.1, 0.15) is 5.75 Å². The zero-order valence-corrected chi connectivity index (χ0v) is 10.9. The van der Waals surface area contributed by atoms with E-state index < -0.39 is 5.82 Å². The van der Waals surface area contributed by atoms with Gasteiger partial charge in [0.15, 0.2) is 11.6 Å². The number of anilines is 1. The number of benzene rings is 2. The molecule has 4 heteroatoms. The van der Waals surface area contributed by atoms with E-state index in [1.165, 1.54) is 6.07 Å². The molecule has 0 radical (unpaired) electrons. The van der Waals surface area contributed by atoms with E-state index >= 15 is 0 Å². The van der Waals surface area contributed by atoms with Gasteiger partial charge in [0.05, 0.1) is 0 Å². The second kappa shape index (κ2) is 5.18. The second-order valence-electron chi connectivity index (χ2n) is 4.50. The van der Waals surface area contributed by atoms with Crippen molar-refractivity contribution in [1.29, 1.82) is 0 Å². The van der Waals surface area contributed by atoms with Crippen molar-refractivity contribution in [1.82, 2.24) is 0 Å². The SMILES string of the molecule is Cc1ccc(NCc2cccc(F)c2O)c(C)c1O. The number of phenolic OH excluding ortho intramolecular Hbond substituents is 2. The molecule has 0 amide bonds. The molecule has 19 heavy (non-hydrogen) atoms. The highest BCUT2D eigenvalue weighted by Crippen LogP contribution is 2.29. The Morgan fingerprint density at radius 3 is 2.53 bits per heavy atom. The average molecular weight is 261 g/mol. The van der Waals surface area contributed by atoms with Crippen LogP contribution in [0.15, 0.2) is 30.3 Å². The molecule has 0 heterocycles. The minimum Gasteiger partial charge on any atom is -0.507 e. The van der Waals surface area contributed by atoms with E-state index in [1.54, 1.807) is 25.1 Å². The van der Waals surface area contributed by atoms with Crippen LogP contribution in [0.4, 0.5) is 10.1 Å². The van der Waals surface area contributed by atoms with Crippen molar-refractivity contribution in [2.24, 2.45) is 0 Å². The van der Waals surface area contributed by atoms with Crippen LogP contribution >= 0.6 is 0 Å². The van der Waals surface area contributed by atoms with Gasteiger partial charge in [0, 0.05) is 23.4 Å². The lowest BCUT2D eigenvalue weighted by Gasteiger charge is -2.13. The first kappa shape index (κ1) is 13.2. The first-order valence-corrected chi connectivity index (χ1v) is 6.00. The maximum absolute atomic E-state index is 13.2. The Morgan fingerprint density at radius 2 is 1.79 bits per heavy atom. The quantitative estimate of drug-likeness (QED) is 0.793. The maximum atomic E-state index is 13.2. The van der Waals surface area contributed by atoms with Gasteiger partial charge >= 0.3 is 0 Å². The smallest absolute Gasteiger partial charge is 0.165 e. The summed E-state index contributed by atoms with van der Waals surface area (Å²) in [4.78, 5) is 0. The van der Waals surface area contributed by atoms with Crippen molar-refractivity contribution in [3.63, 3.8) is 0 Å². The predicted molar refractivity (Wildman–Crippen MR) is 73.0 cm³/mol. The third kappa shape index (κ3) is 2.62. The van der Waals surface area contributed by atoms with Crippen LogP contribution in [-0.4, -0.2) is 10.2 Å². The van der Waals surface area contributed by atoms with E-state index in [0.717, 1.165) is 16.8 Å². The van der Waals surface area contributed by atoms with E-state index in [-0.39, 0.29) is 18.0 Å². The molecule has 0 aliphatic carbocycles. The van der Waals surface area contributed by atoms with Crippen molar-refractivity contribution < 1.29 is 14.6 Å². The Kier molecular flexibility index (Phi) is 3.60. The first-order chi connectivity index (χ1) is 9.00. The van der Waals surface area contributed by atoms with E-state index in [0.29, 0.717) is 5.56 Å². The molecule has 0 spiro atoms. The molecule has 2 aromatic rings. The zero-order valence-electron chi connectivity index (χ0n) is 10.9. The van der Waals surface area contributed by atoms with Crippen molar-refractivity contribution in [2.45, 2.75) is 20.4 Å². The second-order valence-corrected chi connectivity index (χ2v) is 4.50. The fraction of sp³-hybridized carbons (Fsp3) is 0.200. The Morgan fingerprint density at radius 1 is 1.05 bits per heavy atom. The molecular formula is C15H16FNO2. The van der Waals surface area contributed by atoms with Crippen LogP contribution in [0, 0.1) is 19.7 Å². The number of nitrogens with one attached hydrogen (secondary N) is 1. The molecule has 0 aliphatic heterocycles. The summed E-state index contributed by atoms with van der Waals surface area (Å²) in [6, 6.07) is 8.05. The molecule has 3 N–H and O–H groups in total. The van der Waals surface area contributed by atoms with Gasteiger partial charge in [-0.15, -0.1) is 0 Å². The molecule has 0 bridgehead atoms. The molecule has 2 aromatic carbocycles. The largest absolute Gasteiger partial charge is 0.507 e. The lowest BCUT2D eigenvalue weighted by Crippen LogP contribution is -2.02. The standard InChI is InChI=1S/C15H16FNO2/c1-9-6-7-13(10(2)14(9)18)17-8-11-4-3-5-12(16)15(11)19/h3-7,17-19H,8H2,1-2H3. The third-order valence-corrected chi connectivity index (χ3v) is 3.17. The average Bonchev–Trinajstić information content (AvgIpc) is 2.40. The van der Waals surface area contributed by atoms with Crippen molar-refractivity contribution in [3.05, 3.63) is 52.8 Å². The van der Waals surface area contributed by atoms with Crippen LogP contribution < -0.4 is 5.32 Å². The molecule has 0 atom stereocenters. The lowest BCUT2D eigenvalue weighted by atomic mass is 10.1. The van der Waals surface area contributed by atoms with Crippen LogP contribution in [-0.2, 0) is 6.54 Å². The van der Waals surface area contributed by atoms with Crippen LogP contribution in [0.5, 0.6) is 11.5 Å². The number of hydrogen-bond acceptors (Lipinski definition) is 3. The number of para-hydroxylation sites is 1. The summed E-state index contributed by atoms with van der Waals surface area (Å²) in [5, 5.41) is 22.5. The van der Waals surface area contributed by atoms with Gasteiger partial charge in [-0.05, 0) is 31.5 Å². The molecule has 3 nitrogen and oxygen atoms in total. The Labute approximate surface area is 111 Å². The molecule has 0 aliphatic rings. The molecule has 0 saturated carbocycles. The number of halogens is 1. The zero-order chi connectivity index (χ0) is 14.0. The number of aryl methyl sites for hydroxylation is 1. The molecular weight excluding hydrogens is 245 g/mol. The first-order valence-electron chi connectivity index (χ1n) is 6.00. The van der Waals surface area contributed by atoms with Crippen molar-refractivity contribution in [2.75, 3.05) is 5.32 Å². The highest BCUT2D eigenvalue weighted by Gasteiger charge is 2.09. The molecule has 0 unspecified atom stereocenters. The van der Waals surface area contributed by atoms with Gasteiger partial charge in [0.2, 0.25) is 0 Å². The van der Waals surface area contributed by atoms with Gasteiger partial charge < -0.3 is 15.5 Å². The summed E-state index contributed by atoms with van der Waals surface area (Å²) in [5.41, 5.74) is 2.76. The van der Waals surface area contributed by atoms with Crippen molar-refractivity contribution in [3.8, 4) is 11.5 Å². The minimum atomic E-state index is -0.636. The minimum absolute atomic E-state index is 0.244. The molecule has 100 valence electrons. The van der Waals surface area contributed by atoms with Gasteiger partial charge in [-0.25, -0.2) is 4.39 Å². The summed E-state index contributed by atoms with van der Waals surface area (Å²) >= 11 is 0. The summed E-state index contributed by atoms with van der Waals surface area (Å²) < 4.78 is 13.2. The maximum Gasteiger partial charge on any atom is 0.165 e. The van der Waals surface area contributed by atoms with E-state index in [9.17, 15) is 14.6 Å². The monoisotopic (exact) mass is 261 g/mol. The summed E-state index contributed by atoms with van der Waals surface area (Å²) in [5.74, 6) is -0.736. The van der Waals surface area contributed by atoms with E-state index in [4.69, 9.17) is 0 Å². The third-order valence-electron chi connectivity index (χ3n) is 3.17. The fourth-order valence-electron chi connectivity index (χ4n) is 1.92. The van der Waals surface area contributed by atoms with Gasteiger partial charge in [-0.2, -0.15) is 0 Å². The van der Waals surface area contributed by atoms with E-state index in [1.807, 2.05) is 13.0 Å². The number of hydrogen-bond donors (Lipinski definition) is 3. The fourth-order valence-corrected chi connectivity index (χ4v) is 1.92. The van der Waals surface area contributed by atoms with Crippen LogP contribution in [0.25, 0.3) is 0 Å². The van der Waals surface area contributed by atoms with Crippen LogP contribution in [0.3, 0.4) is 0 Å².